The van der Waals surface area contributed by atoms with Crippen molar-refractivity contribution >= 4 is 35.1 Å². The second kappa shape index (κ2) is 12.4. The highest BCUT2D eigenvalue weighted by Gasteiger charge is 2.63. The molecule has 5 N–H and O–H groups in total. The number of amides is 1. The maximum Gasteiger partial charge on any atom is 0.323 e. The first-order valence-corrected chi connectivity index (χ1v) is 13.6. The van der Waals surface area contributed by atoms with Crippen molar-refractivity contribution in [3.63, 3.8) is 0 Å². The number of carbonyl (C=O) groups excluding carboxylic acids is 2. The summed E-state index contributed by atoms with van der Waals surface area (Å²) in [5.74, 6) is -5.56. The Morgan fingerprint density at radius 2 is 1.98 bits per heavy atom. The van der Waals surface area contributed by atoms with Crippen molar-refractivity contribution in [2.24, 2.45) is 17.6 Å². The molecule has 1 heterocycles. The monoisotopic (exact) mass is 595 g/mol. The average molecular weight is 596 g/mol. The van der Waals surface area contributed by atoms with Crippen LogP contribution in [0.1, 0.15) is 42.7 Å². The number of nitriles is 1. The number of primary amides is 1. The molecule has 40 heavy (non-hydrogen) atoms. The molecule has 0 spiro atoms. The number of esters is 1. The van der Waals surface area contributed by atoms with Crippen molar-refractivity contribution in [2.45, 2.75) is 55.2 Å². The lowest BCUT2D eigenvalue weighted by Gasteiger charge is -2.43. The lowest BCUT2D eigenvalue weighted by atomic mass is 9.59. The van der Waals surface area contributed by atoms with E-state index in [1.807, 2.05) is 0 Å². The summed E-state index contributed by atoms with van der Waals surface area (Å²) in [5.41, 5.74) is 2.89. The number of halogens is 4. The lowest BCUT2D eigenvalue weighted by molar-refractivity contribution is -0.150. The van der Waals surface area contributed by atoms with Crippen molar-refractivity contribution in [3.05, 3.63) is 69.2 Å². The van der Waals surface area contributed by atoms with E-state index < -0.39 is 72.0 Å². The molecule has 0 aromatic heterocycles. The van der Waals surface area contributed by atoms with Gasteiger partial charge in [-0.1, -0.05) is 60.7 Å². The first-order chi connectivity index (χ1) is 19.0. The minimum atomic E-state index is -1.93. The first kappa shape index (κ1) is 30.2. The summed E-state index contributed by atoms with van der Waals surface area (Å²) >= 11 is 12.1. The van der Waals surface area contributed by atoms with Crippen molar-refractivity contribution in [1.29, 1.82) is 5.26 Å². The maximum atomic E-state index is 15.7. The summed E-state index contributed by atoms with van der Waals surface area (Å²) in [6, 6.07) is 7.60. The van der Waals surface area contributed by atoms with Gasteiger partial charge < -0.3 is 20.7 Å². The van der Waals surface area contributed by atoms with E-state index in [2.05, 4.69) is 11.4 Å². The molecule has 0 bridgehead atoms. The number of nitrogens with two attached hydrogens (primary N) is 1. The van der Waals surface area contributed by atoms with Gasteiger partial charge in [-0.2, -0.15) is 5.26 Å². The molecule has 0 radical (unpaired) electrons. The van der Waals surface area contributed by atoms with Gasteiger partial charge in [0.15, 0.2) is 0 Å². The lowest BCUT2D eigenvalue weighted by Crippen LogP contribution is -2.52. The van der Waals surface area contributed by atoms with E-state index in [-0.39, 0.29) is 33.7 Å². The number of benzene rings is 2. The molecular weight excluding hydrogens is 567 g/mol. The SMILES string of the molecule is N#C[C@@]1(c2ccc(Cl)cc2F)[C@@H](C(CO)C2CCC2)N[C@H](C(=O)OC[C@@H](O)CC(N)=O)[C@H]1c1cccc(Cl)c1F. The maximum absolute atomic E-state index is 15.7. The van der Waals surface area contributed by atoms with Crippen LogP contribution in [0.5, 0.6) is 0 Å². The second-order valence-electron chi connectivity index (χ2n) is 10.3. The van der Waals surface area contributed by atoms with Crippen molar-refractivity contribution in [3.8, 4) is 6.07 Å². The highest BCUT2D eigenvalue weighted by Crippen LogP contribution is 2.54. The Kier molecular flexibility index (Phi) is 9.33. The molecule has 12 heteroatoms. The summed E-state index contributed by atoms with van der Waals surface area (Å²) in [7, 11) is 0. The van der Waals surface area contributed by atoms with Crippen molar-refractivity contribution in [2.75, 3.05) is 13.2 Å². The number of hydrogen-bond donors (Lipinski definition) is 4. The van der Waals surface area contributed by atoms with Crippen LogP contribution in [0.25, 0.3) is 0 Å². The van der Waals surface area contributed by atoms with Crippen molar-refractivity contribution < 1.29 is 33.3 Å². The Balaban J connectivity index is 1.91. The fourth-order valence-corrected chi connectivity index (χ4v) is 6.38. The van der Waals surface area contributed by atoms with Crippen LogP contribution in [0.15, 0.2) is 36.4 Å². The Hall–Kier alpha value is -2.81. The minimum absolute atomic E-state index is 0.0393. The highest BCUT2D eigenvalue weighted by molar-refractivity contribution is 6.31. The van der Waals surface area contributed by atoms with Crippen molar-refractivity contribution in [1.82, 2.24) is 5.32 Å². The van der Waals surface area contributed by atoms with Crippen LogP contribution in [0.2, 0.25) is 10.0 Å². The van der Waals surface area contributed by atoms with Crippen LogP contribution < -0.4 is 11.1 Å². The van der Waals surface area contributed by atoms with E-state index in [1.165, 1.54) is 30.3 Å². The van der Waals surface area contributed by atoms with Gasteiger partial charge in [0, 0.05) is 35.1 Å². The standard InChI is InChI=1S/C28H29Cl2F2N3O5/c29-15-7-8-19(21(31)9-15)28(13-33)23(17-5-2-6-20(30)24(17)32)25(27(39)40-12-16(37)10-22(34)38)35-26(28)18(11-36)14-3-1-4-14/h2,5-9,14,16,18,23,25-26,35-37H,1,3-4,10-12H2,(H2,34,38)/t16-,18?,23+,25-,26+,28-/m0/s1. The van der Waals surface area contributed by atoms with E-state index in [0.29, 0.717) is 0 Å². The van der Waals surface area contributed by atoms with E-state index in [4.69, 9.17) is 33.7 Å². The van der Waals surface area contributed by atoms with Crippen LogP contribution in [-0.4, -0.2) is 53.5 Å². The number of aliphatic hydroxyl groups excluding tert-OH is 2. The number of carbonyl (C=O) groups is 2. The van der Waals surface area contributed by atoms with Crippen LogP contribution >= 0.6 is 23.2 Å². The normalized spacial score (nSPS) is 26.0. The van der Waals surface area contributed by atoms with E-state index in [0.717, 1.165) is 25.3 Å². The van der Waals surface area contributed by atoms with Crippen LogP contribution in [0.3, 0.4) is 0 Å². The van der Waals surface area contributed by atoms with E-state index in [9.17, 15) is 25.1 Å². The molecule has 1 saturated carbocycles. The number of nitrogens with one attached hydrogen (secondary N) is 1. The molecule has 2 aliphatic rings. The number of ether oxygens (including phenoxy) is 1. The Morgan fingerprint density at radius 1 is 1.25 bits per heavy atom. The quantitative estimate of drug-likeness (QED) is 0.308. The molecule has 214 valence electrons. The zero-order valence-electron chi connectivity index (χ0n) is 21.3. The molecule has 2 aromatic carbocycles. The average Bonchev–Trinajstić information content (AvgIpc) is 3.21. The summed E-state index contributed by atoms with van der Waals surface area (Å²) in [6.07, 6.45) is 0.539. The molecule has 1 aliphatic heterocycles. The highest BCUT2D eigenvalue weighted by atomic mass is 35.5. The number of aliphatic hydroxyl groups is 2. The fraction of sp³-hybridized carbons (Fsp3) is 0.464. The smallest absolute Gasteiger partial charge is 0.323 e. The predicted molar refractivity (Wildman–Crippen MR) is 142 cm³/mol. The van der Waals surface area contributed by atoms with Gasteiger partial charge in [-0.05, 0) is 29.7 Å². The van der Waals surface area contributed by atoms with Gasteiger partial charge in [0.05, 0.1) is 23.6 Å². The topological polar surface area (TPSA) is 146 Å². The van der Waals surface area contributed by atoms with Gasteiger partial charge in [0.25, 0.3) is 0 Å². The largest absolute Gasteiger partial charge is 0.462 e. The number of hydrogen-bond acceptors (Lipinski definition) is 7. The van der Waals surface area contributed by atoms with Gasteiger partial charge in [-0.15, -0.1) is 0 Å². The molecule has 8 nitrogen and oxygen atoms in total. The first-order valence-electron chi connectivity index (χ1n) is 12.9. The molecule has 4 rings (SSSR count). The molecule has 1 unspecified atom stereocenters. The third-order valence-electron chi connectivity index (χ3n) is 8.05. The number of nitrogens with zero attached hydrogens (tertiary/aromatic N) is 1. The summed E-state index contributed by atoms with van der Waals surface area (Å²) in [4.78, 5) is 24.7. The number of rotatable bonds is 10. The third-order valence-corrected chi connectivity index (χ3v) is 8.58. The van der Waals surface area contributed by atoms with Gasteiger partial charge in [0.2, 0.25) is 5.91 Å². The van der Waals surface area contributed by atoms with Gasteiger partial charge >= 0.3 is 5.97 Å². The molecule has 2 aromatic rings. The van der Waals surface area contributed by atoms with E-state index >= 15 is 8.78 Å². The van der Waals surface area contributed by atoms with Crippen LogP contribution in [0.4, 0.5) is 8.78 Å². The van der Waals surface area contributed by atoms with Gasteiger partial charge in [-0.3, -0.25) is 14.9 Å². The summed E-state index contributed by atoms with van der Waals surface area (Å²) in [5, 5.41) is 34.3. The molecule has 1 amide bonds. The zero-order valence-corrected chi connectivity index (χ0v) is 22.8. The second-order valence-corrected chi connectivity index (χ2v) is 11.2. The Morgan fingerprint density at radius 3 is 2.55 bits per heavy atom. The van der Waals surface area contributed by atoms with Gasteiger partial charge in [0.1, 0.15) is 29.7 Å². The predicted octanol–water partition coefficient (Wildman–Crippen LogP) is 3.35. The molecular formula is C28H29Cl2F2N3O5. The molecule has 6 atom stereocenters. The Labute approximate surface area is 240 Å². The zero-order chi connectivity index (χ0) is 29.2. The summed E-state index contributed by atoms with van der Waals surface area (Å²) < 4.78 is 36.7. The van der Waals surface area contributed by atoms with Gasteiger partial charge in [-0.25, -0.2) is 8.78 Å². The van der Waals surface area contributed by atoms with E-state index in [1.54, 1.807) is 0 Å². The Bertz CT molecular complexity index is 1320. The summed E-state index contributed by atoms with van der Waals surface area (Å²) in [6.45, 7) is -0.985. The minimum Gasteiger partial charge on any atom is -0.462 e. The fourth-order valence-electron chi connectivity index (χ4n) is 6.04. The third kappa shape index (κ3) is 5.54. The molecule has 1 saturated heterocycles. The van der Waals surface area contributed by atoms with Crippen LogP contribution in [0, 0.1) is 34.8 Å². The van der Waals surface area contributed by atoms with Crippen LogP contribution in [-0.2, 0) is 19.7 Å². The molecule has 1 aliphatic carbocycles. The molecule has 2 fully saturated rings.